The van der Waals surface area contributed by atoms with E-state index >= 15 is 0 Å². The summed E-state index contributed by atoms with van der Waals surface area (Å²) in [6, 6.07) is 6.51. The molecule has 0 N–H and O–H groups in total. The van der Waals surface area contributed by atoms with Crippen molar-refractivity contribution >= 4 is 29.9 Å². The van der Waals surface area contributed by atoms with E-state index in [1.807, 2.05) is 0 Å². The maximum Gasteiger partial charge on any atom is 0.434 e. The van der Waals surface area contributed by atoms with Crippen molar-refractivity contribution < 1.29 is 24.0 Å². The van der Waals surface area contributed by atoms with E-state index in [0.717, 1.165) is 52.1 Å². The highest BCUT2D eigenvalue weighted by molar-refractivity contribution is 6.01. The van der Waals surface area contributed by atoms with Gasteiger partial charge < -0.3 is 19.4 Å². The van der Waals surface area contributed by atoms with Crippen molar-refractivity contribution in [2.75, 3.05) is 63.8 Å². The highest BCUT2D eigenvalue weighted by Gasteiger charge is 2.43. The quantitative estimate of drug-likeness (QED) is 0.435. The van der Waals surface area contributed by atoms with E-state index in [0.29, 0.717) is 36.5 Å². The van der Waals surface area contributed by atoms with Crippen LogP contribution in [0.4, 0.5) is 10.5 Å². The van der Waals surface area contributed by atoms with Crippen LogP contribution in [0.3, 0.4) is 0 Å². The second kappa shape index (κ2) is 9.94. The van der Waals surface area contributed by atoms with Gasteiger partial charge in [0.25, 0.3) is 11.8 Å². The Morgan fingerprint density at radius 3 is 2.26 bits per heavy atom. The molecule has 4 saturated heterocycles. The summed E-state index contributed by atoms with van der Waals surface area (Å²) in [6.07, 6.45) is 0.572. The number of piperazine rings is 1. The molecule has 0 spiro atoms. The number of amides is 3. The normalized spacial score (nSPS) is 25.5. The van der Waals surface area contributed by atoms with Gasteiger partial charge in [0.1, 0.15) is 6.29 Å². The summed E-state index contributed by atoms with van der Waals surface area (Å²) in [7, 11) is 0. The molecule has 10 nitrogen and oxygen atoms in total. The lowest BCUT2D eigenvalue weighted by molar-refractivity contribution is -0.173. The molecule has 0 saturated carbocycles. The van der Waals surface area contributed by atoms with Gasteiger partial charge in [-0.15, -0.1) is 5.06 Å². The van der Waals surface area contributed by atoms with Gasteiger partial charge in [-0.25, -0.2) is 4.79 Å². The van der Waals surface area contributed by atoms with Gasteiger partial charge in [-0.05, 0) is 36.0 Å². The van der Waals surface area contributed by atoms with Gasteiger partial charge in [0.05, 0.1) is 6.54 Å². The van der Waals surface area contributed by atoms with Gasteiger partial charge in [-0.2, -0.15) is 0 Å². The van der Waals surface area contributed by atoms with Gasteiger partial charge in [0.15, 0.2) is 0 Å². The fourth-order valence-corrected chi connectivity index (χ4v) is 5.86. The molecule has 188 valence electrons. The third-order valence-electron chi connectivity index (χ3n) is 7.85. The number of likely N-dealkylation sites (tertiary alicyclic amines) is 2. The summed E-state index contributed by atoms with van der Waals surface area (Å²) in [4.78, 5) is 60.5. The Balaban J connectivity index is 1.14. The molecule has 4 fully saturated rings. The lowest BCUT2D eigenvalue weighted by atomic mass is 10.0. The number of hydrogen-bond donors (Lipinski definition) is 0. The molecular formula is C25H33N5O5. The first-order chi connectivity index (χ1) is 16.9. The highest BCUT2D eigenvalue weighted by Crippen LogP contribution is 2.34. The first-order valence-corrected chi connectivity index (χ1v) is 12.5. The standard InChI is InChI=1S/C25H33N5O5/c1-18-19(3-2-4-22(18)28-9-7-26(8-10-28)11-12-31)13-27-14-20-16-29(17-21(20)15-27)25(34)35-30-23(32)5-6-24(30)33/h2-4,12,20-21H,5-11,13-17H2,1H3. The molecule has 35 heavy (non-hydrogen) atoms. The van der Waals surface area contributed by atoms with Crippen molar-refractivity contribution in [2.24, 2.45) is 11.8 Å². The largest absolute Gasteiger partial charge is 0.434 e. The van der Waals surface area contributed by atoms with Crippen LogP contribution in [0.2, 0.25) is 0 Å². The zero-order valence-corrected chi connectivity index (χ0v) is 20.2. The molecule has 0 radical (unpaired) electrons. The maximum atomic E-state index is 12.5. The molecule has 0 aliphatic carbocycles. The first-order valence-electron chi connectivity index (χ1n) is 12.5. The summed E-state index contributed by atoms with van der Waals surface area (Å²) in [5.74, 6) is -0.174. The van der Waals surface area contributed by atoms with E-state index in [9.17, 15) is 19.2 Å². The minimum Gasteiger partial charge on any atom is -0.369 e. The Labute approximate surface area is 205 Å². The van der Waals surface area contributed by atoms with Gasteiger partial charge in [-0.1, -0.05) is 12.1 Å². The number of nitrogens with zero attached hydrogens (tertiary/aromatic N) is 5. The molecule has 4 heterocycles. The smallest absolute Gasteiger partial charge is 0.369 e. The Bertz CT molecular complexity index is 978. The van der Waals surface area contributed by atoms with Gasteiger partial charge >= 0.3 is 6.09 Å². The summed E-state index contributed by atoms with van der Waals surface area (Å²) in [6.45, 7) is 10.2. The van der Waals surface area contributed by atoms with Crippen molar-refractivity contribution in [1.29, 1.82) is 0 Å². The van der Waals surface area contributed by atoms with Crippen molar-refractivity contribution in [3.63, 3.8) is 0 Å². The van der Waals surface area contributed by atoms with E-state index in [-0.39, 0.29) is 12.8 Å². The fraction of sp³-hybridized carbons (Fsp3) is 0.600. The molecule has 2 atom stereocenters. The number of benzene rings is 1. The molecule has 0 aromatic heterocycles. The lowest BCUT2D eigenvalue weighted by Gasteiger charge is -2.36. The number of aldehydes is 1. The molecule has 10 heteroatoms. The zero-order chi connectivity index (χ0) is 24.5. The van der Waals surface area contributed by atoms with Crippen molar-refractivity contribution in [1.82, 2.24) is 19.8 Å². The Morgan fingerprint density at radius 1 is 0.971 bits per heavy atom. The minimum atomic E-state index is -0.605. The van der Waals surface area contributed by atoms with Crippen LogP contribution < -0.4 is 4.90 Å². The average molecular weight is 484 g/mol. The van der Waals surface area contributed by atoms with Gasteiger partial charge in [0.2, 0.25) is 0 Å². The van der Waals surface area contributed by atoms with E-state index in [4.69, 9.17) is 4.84 Å². The number of hydroxylamine groups is 2. The maximum absolute atomic E-state index is 12.5. The number of imide groups is 1. The molecule has 2 unspecified atom stereocenters. The number of hydrogen-bond acceptors (Lipinski definition) is 8. The molecular weight excluding hydrogens is 450 g/mol. The van der Waals surface area contributed by atoms with Crippen LogP contribution in [-0.4, -0.2) is 103 Å². The van der Waals surface area contributed by atoms with Crippen LogP contribution in [0, 0.1) is 18.8 Å². The molecule has 1 aromatic carbocycles. The second-order valence-electron chi connectivity index (χ2n) is 10.1. The first kappa shape index (κ1) is 23.7. The molecule has 5 rings (SSSR count). The highest BCUT2D eigenvalue weighted by atomic mass is 16.7. The van der Waals surface area contributed by atoms with E-state index in [1.165, 1.54) is 16.8 Å². The third kappa shape index (κ3) is 4.90. The molecule has 1 aromatic rings. The summed E-state index contributed by atoms with van der Waals surface area (Å²) < 4.78 is 0. The van der Waals surface area contributed by atoms with E-state index < -0.39 is 17.9 Å². The topological polar surface area (TPSA) is 93.7 Å². The second-order valence-corrected chi connectivity index (χ2v) is 10.1. The average Bonchev–Trinajstić information content (AvgIpc) is 3.50. The molecule has 4 aliphatic heterocycles. The predicted octanol–water partition coefficient (Wildman–Crippen LogP) is 0.880. The van der Waals surface area contributed by atoms with Crippen LogP contribution in [0.25, 0.3) is 0 Å². The monoisotopic (exact) mass is 483 g/mol. The van der Waals surface area contributed by atoms with E-state index in [1.54, 1.807) is 4.90 Å². The third-order valence-corrected chi connectivity index (χ3v) is 7.85. The SMILES string of the molecule is Cc1c(CN2CC3CN(C(=O)ON4C(=O)CCC4=O)CC3C2)cccc1N1CCN(CC=O)CC1. The number of carbonyl (C=O) groups is 4. The van der Waals surface area contributed by atoms with Crippen molar-refractivity contribution in [2.45, 2.75) is 26.3 Å². The summed E-state index contributed by atoms with van der Waals surface area (Å²) >= 11 is 0. The predicted molar refractivity (Wildman–Crippen MR) is 127 cm³/mol. The number of carbonyl (C=O) groups excluding carboxylic acids is 4. The van der Waals surface area contributed by atoms with Gasteiger partial charge in [-0.3, -0.25) is 19.4 Å². The zero-order valence-electron chi connectivity index (χ0n) is 20.2. The minimum absolute atomic E-state index is 0.101. The Morgan fingerprint density at radius 2 is 1.63 bits per heavy atom. The Kier molecular flexibility index (Phi) is 6.75. The van der Waals surface area contributed by atoms with Gasteiger partial charge in [0, 0.05) is 77.4 Å². The lowest BCUT2D eigenvalue weighted by Crippen LogP contribution is -2.47. The molecule has 0 bridgehead atoms. The molecule has 3 amide bonds. The van der Waals surface area contributed by atoms with Crippen LogP contribution >= 0.6 is 0 Å². The van der Waals surface area contributed by atoms with Crippen molar-refractivity contribution in [3.8, 4) is 0 Å². The number of rotatable bonds is 6. The summed E-state index contributed by atoms with van der Waals surface area (Å²) in [5, 5.41) is 0.626. The fourth-order valence-electron chi connectivity index (χ4n) is 5.86. The van der Waals surface area contributed by atoms with Crippen LogP contribution in [0.5, 0.6) is 0 Å². The Hall–Kier alpha value is -2.98. The van der Waals surface area contributed by atoms with Crippen LogP contribution in [-0.2, 0) is 25.8 Å². The molecule has 4 aliphatic rings. The number of fused-ring (bicyclic) bond motifs is 1. The summed E-state index contributed by atoms with van der Waals surface area (Å²) in [5.41, 5.74) is 3.89. The van der Waals surface area contributed by atoms with Crippen molar-refractivity contribution in [3.05, 3.63) is 29.3 Å². The van der Waals surface area contributed by atoms with E-state index in [2.05, 4.69) is 39.8 Å². The number of anilines is 1. The van der Waals surface area contributed by atoms with Crippen LogP contribution in [0.1, 0.15) is 24.0 Å². The van der Waals surface area contributed by atoms with Crippen LogP contribution in [0.15, 0.2) is 18.2 Å².